The van der Waals surface area contributed by atoms with Crippen LogP contribution in [0.25, 0.3) is 12.2 Å². The number of hydrogen-bond donors (Lipinski definition) is 1. The van der Waals surface area contributed by atoms with Gasteiger partial charge in [0, 0.05) is 11.1 Å². The minimum absolute atomic E-state index is 0.0225. The molecule has 1 fully saturated rings. The third-order valence-electron chi connectivity index (χ3n) is 6.57. The van der Waals surface area contributed by atoms with E-state index >= 15 is 0 Å². The molecule has 1 saturated carbocycles. The van der Waals surface area contributed by atoms with Crippen LogP contribution in [0.1, 0.15) is 66.7 Å². The second-order valence-electron chi connectivity index (χ2n) is 8.68. The Morgan fingerprint density at radius 1 is 0.771 bits per heavy atom. The fraction of sp³-hybridized carbons (Fsp3) is 0.286. The standard InChI is InChI=1S/C28H25F5O2/c1-2-35-24-14-11-19(25(30)28(24)33)9-7-18-8-10-20(15-22(18)29)16-3-5-17(6-4-16)21-12-13-23(34)27(32)26(21)31/h7-17,34H,2-6H2,1H3/b9-7+. The smallest absolute Gasteiger partial charge is 0.201 e. The second kappa shape index (κ2) is 10.5. The summed E-state index contributed by atoms with van der Waals surface area (Å²) in [6.07, 6.45) is 5.27. The molecule has 1 aliphatic rings. The highest BCUT2D eigenvalue weighted by atomic mass is 19.2. The molecule has 0 aromatic heterocycles. The number of aromatic hydroxyl groups is 1. The predicted molar refractivity (Wildman–Crippen MR) is 125 cm³/mol. The van der Waals surface area contributed by atoms with E-state index in [9.17, 15) is 27.1 Å². The van der Waals surface area contributed by atoms with Crippen molar-refractivity contribution in [3.63, 3.8) is 0 Å². The number of halogens is 5. The van der Waals surface area contributed by atoms with Gasteiger partial charge in [0.15, 0.2) is 23.1 Å². The molecule has 0 spiro atoms. The molecule has 1 aliphatic carbocycles. The van der Waals surface area contributed by atoms with Gasteiger partial charge in [-0.15, -0.1) is 0 Å². The molecule has 7 heteroatoms. The fourth-order valence-corrected chi connectivity index (χ4v) is 4.66. The van der Waals surface area contributed by atoms with Crippen LogP contribution in [0.15, 0.2) is 42.5 Å². The van der Waals surface area contributed by atoms with Crippen LogP contribution in [-0.4, -0.2) is 11.7 Å². The molecule has 0 radical (unpaired) electrons. The summed E-state index contributed by atoms with van der Waals surface area (Å²) in [6, 6.07) is 10.1. The van der Waals surface area contributed by atoms with Crippen LogP contribution in [0.4, 0.5) is 22.0 Å². The van der Waals surface area contributed by atoms with E-state index < -0.39 is 34.8 Å². The highest BCUT2D eigenvalue weighted by Crippen LogP contribution is 2.42. The Balaban J connectivity index is 1.44. The van der Waals surface area contributed by atoms with Gasteiger partial charge in [-0.2, -0.15) is 8.78 Å². The molecule has 2 nitrogen and oxygen atoms in total. The van der Waals surface area contributed by atoms with Crippen molar-refractivity contribution in [2.75, 3.05) is 6.61 Å². The number of phenolic OH excluding ortho intramolecular Hbond substituents is 1. The van der Waals surface area contributed by atoms with E-state index in [1.54, 1.807) is 19.1 Å². The molecule has 1 N–H and O–H groups in total. The molecule has 35 heavy (non-hydrogen) atoms. The van der Waals surface area contributed by atoms with E-state index in [1.807, 2.05) is 0 Å². The van der Waals surface area contributed by atoms with E-state index in [4.69, 9.17) is 4.74 Å². The summed E-state index contributed by atoms with van der Waals surface area (Å²) in [6.45, 7) is 1.87. The molecule has 0 bridgehead atoms. The van der Waals surface area contributed by atoms with Gasteiger partial charge in [-0.25, -0.2) is 13.2 Å². The lowest BCUT2D eigenvalue weighted by Crippen LogP contribution is -2.14. The first-order valence-electron chi connectivity index (χ1n) is 11.5. The van der Waals surface area contributed by atoms with Gasteiger partial charge in [0.05, 0.1) is 6.61 Å². The summed E-state index contributed by atoms with van der Waals surface area (Å²) in [7, 11) is 0. The maximum atomic E-state index is 14.8. The van der Waals surface area contributed by atoms with Crippen molar-refractivity contribution < 1.29 is 31.8 Å². The Labute approximate surface area is 200 Å². The first kappa shape index (κ1) is 24.8. The molecule has 0 atom stereocenters. The number of ether oxygens (including phenoxy) is 1. The van der Waals surface area contributed by atoms with Gasteiger partial charge in [0.2, 0.25) is 11.6 Å². The van der Waals surface area contributed by atoms with Crippen molar-refractivity contribution in [1.82, 2.24) is 0 Å². The second-order valence-corrected chi connectivity index (χ2v) is 8.68. The van der Waals surface area contributed by atoms with Crippen molar-refractivity contribution >= 4 is 12.2 Å². The van der Waals surface area contributed by atoms with Crippen LogP contribution in [-0.2, 0) is 0 Å². The molecule has 0 aliphatic heterocycles. The molecular formula is C28H25F5O2. The number of benzene rings is 3. The monoisotopic (exact) mass is 488 g/mol. The largest absolute Gasteiger partial charge is 0.505 e. The molecule has 0 saturated heterocycles. The van der Waals surface area contributed by atoms with Gasteiger partial charge in [-0.05, 0) is 79.8 Å². The van der Waals surface area contributed by atoms with Crippen molar-refractivity contribution in [2.45, 2.75) is 44.4 Å². The Morgan fingerprint density at radius 3 is 2.11 bits per heavy atom. The lowest BCUT2D eigenvalue weighted by molar-refractivity contribution is 0.314. The molecule has 0 amide bonds. The SMILES string of the molecule is CCOc1ccc(/C=C/c2ccc(C3CCC(c4ccc(O)c(F)c4F)CC3)cc2F)c(F)c1F. The number of hydrogen-bond acceptors (Lipinski definition) is 2. The Hall–Kier alpha value is -3.35. The van der Waals surface area contributed by atoms with Gasteiger partial charge in [-0.3, -0.25) is 0 Å². The Morgan fingerprint density at radius 2 is 1.43 bits per heavy atom. The molecule has 0 unspecified atom stereocenters. The van der Waals surface area contributed by atoms with Gasteiger partial charge < -0.3 is 9.84 Å². The summed E-state index contributed by atoms with van der Waals surface area (Å²) < 4.78 is 76.0. The topological polar surface area (TPSA) is 29.5 Å². The minimum atomic E-state index is -1.23. The summed E-state index contributed by atoms with van der Waals surface area (Å²) in [4.78, 5) is 0. The van der Waals surface area contributed by atoms with E-state index in [2.05, 4.69) is 0 Å². The summed E-state index contributed by atoms with van der Waals surface area (Å²) >= 11 is 0. The zero-order valence-corrected chi connectivity index (χ0v) is 19.1. The van der Waals surface area contributed by atoms with Gasteiger partial charge in [0.25, 0.3) is 0 Å². The number of phenols is 1. The average molecular weight is 488 g/mol. The number of rotatable bonds is 6. The van der Waals surface area contributed by atoms with Gasteiger partial charge in [-0.1, -0.05) is 30.4 Å². The Kier molecular flexibility index (Phi) is 7.43. The van der Waals surface area contributed by atoms with E-state index in [1.165, 1.54) is 36.4 Å². The molecule has 0 heterocycles. The normalized spacial score (nSPS) is 18.2. The van der Waals surface area contributed by atoms with Crippen LogP contribution >= 0.6 is 0 Å². The molecule has 184 valence electrons. The first-order chi connectivity index (χ1) is 16.8. The predicted octanol–water partition coefficient (Wildman–Crippen LogP) is 8.10. The van der Waals surface area contributed by atoms with E-state index in [-0.39, 0.29) is 40.9 Å². The Bertz CT molecular complexity index is 1250. The van der Waals surface area contributed by atoms with Crippen molar-refractivity contribution in [2.24, 2.45) is 0 Å². The molecule has 3 aromatic carbocycles. The van der Waals surface area contributed by atoms with Crippen molar-refractivity contribution in [3.8, 4) is 11.5 Å². The van der Waals surface area contributed by atoms with Crippen LogP contribution in [0.5, 0.6) is 11.5 Å². The van der Waals surface area contributed by atoms with Crippen molar-refractivity contribution in [1.29, 1.82) is 0 Å². The zero-order chi connectivity index (χ0) is 25.1. The van der Waals surface area contributed by atoms with Crippen LogP contribution < -0.4 is 4.74 Å². The third kappa shape index (κ3) is 5.19. The van der Waals surface area contributed by atoms with Gasteiger partial charge >= 0.3 is 0 Å². The van der Waals surface area contributed by atoms with Gasteiger partial charge in [0.1, 0.15) is 5.82 Å². The maximum absolute atomic E-state index is 14.8. The summed E-state index contributed by atoms with van der Waals surface area (Å²) in [5.41, 5.74) is 1.26. The van der Waals surface area contributed by atoms with Crippen LogP contribution in [0, 0.1) is 29.1 Å². The van der Waals surface area contributed by atoms with Crippen molar-refractivity contribution in [3.05, 3.63) is 93.8 Å². The molecular weight excluding hydrogens is 463 g/mol. The average Bonchev–Trinajstić information content (AvgIpc) is 2.86. The lowest BCUT2D eigenvalue weighted by Gasteiger charge is -2.29. The maximum Gasteiger partial charge on any atom is 0.201 e. The quantitative estimate of drug-likeness (QED) is 0.281. The van der Waals surface area contributed by atoms with Crippen LogP contribution in [0.2, 0.25) is 0 Å². The zero-order valence-electron chi connectivity index (χ0n) is 19.1. The third-order valence-corrected chi connectivity index (χ3v) is 6.57. The first-order valence-corrected chi connectivity index (χ1v) is 11.5. The molecule has 3 aromatic rings. The lowest BCUT2D eigenvalue weighted by atomic mass is 9.76. The highest BCUT2D eigenvalue weighted by Gasteiger charge is 2.27. The summed E-state index contributed by atoms with van der Waals surface area (Å²) in [5, 5.41) is 9.33. The highest BCUT2D eigenvalue weighted by molar-refractivity contribution is 5.70. The van der Waals surface area contributed by atoms with Crippen LogP contribution in [0.3, 0.4) is 0 Å². The fourth-order valence-electron chi connectivity index (χ4n) is 4.66. The summed E-state index contributed by atoms with van der Waals surface area (Å²) in [5.74, 6) is -5.87. The minimum Gasteiger partial charge on any atom is -0.505 e. The van der Waals surface area contributed by atoms with E-state index in [0.717, 1.165) is 11.6 Å². The molecule has 4 rings (SSSR count). The van der Waals surface area contributed by atoms with E-state index in [0.29, 0.717) is 25.7 Å².